The van der Waals surface area contributed by atoms with Gasteiger partial charge in [0.05, 0.1) is 7.11 Å². The molecule has 0 N–H and O–H groups in total. The third-order valence-electron chi connectivity index (χ3n) is 3.02. The summed E-state index contributed by atoms with van der Waals surface area (Å²) in [5.41, 5.74) is 2.48. The second-order valence-corrected chi connectivity index (χ2v) is 4.16. The first-order valence-corrected chi connectivity index (χ1v) is 6.17. The van der Waals surface area contributed by atoms with Crippen LogP contribution in [0, 0.1) is 0 Å². The van der Waals surface area contributed by atoms with Crippen molar-refractivity contribution in [1.29, 1.82) is 0 Å². The highest BCUT2D eigenvalue weighted by Crippen LogP contribution is 2.32. The molecule has 0 saturated carbocycles. The molecule has 0 heterocycles. The van der Waals surface area contributed by atoms with E-state index in [-0.39, 0.29) is 5.92 Å². The summed E-state index contributed by atoms with van der Waals surface area (Å²) >= 11 is 0. The summed E-state index contributed by atoms with van der Waals surface area (Å²) in [6, 6.07) is 18.7. The van der Waals surface area contributed by atoms with Crippen molar-refractivity contribution in [2.45, 2.75) is 12.8 Å². The van der Waals surface area contributed by atoms with E-state index in [2.05, 4.69) is 48.6 Å². The Morgan fingerprint density at radius 2 is 1.61 bits per heavy atom. The van der Waals surface area contributed by atoms with Crippen molar-refractivity contribution in [2.24, 2.45) is 0 Å². The van der Waals surface area contributed by atoms with Gasteiger partial charge in [0.25, 0.3) is 0 Å². The second-order valence-electron chi connectivity index (χ2n) is 4.16. The lowest BCUT2D eigenvalue weighted by molar-refractivity contribution is 0.409. The van der Waals surface area contributed by atoms with Crippen LogP contribution in [0.3, 0.4) is 0 Å². The molecule has 18 heavy (non-hydrogen) atoms. The van der Waals surface area contributed by atoms with Gasteiger partial charge in [-0.05, 0) is 18.6 Å². The smallest absolute Gasteiger partial charge is 0.122 e. The maximum absolute atomic E-state index is 5.46. The SMILES string of the molecule is C/C=C/C(c1ccccc1)c1ccccc1OC. The van der Waals surface area contributed by atoms with Gasteiger partial charge >= 0.3 is 0 Å². The van der Waals surface area contributed by atoms with Crippen LogP contribution < -0.4 is 4.74 Å². The summed E-state index contributed by atoms with van der Waals surface area (Å²) in [5, 5.41) is 0. The third-order valence-corrected chi connectivity index (χ3v) is 3.02. The van der Waals surface area contributed by atoms with Crippen molar-refractivity contribution in [2.75, 3.05) is 7.11 Å². The molecule has 2 aromatic rings. The number of hydrogen-bond donors (Lipinski definition) is 0. The summed E-state index contributed by atoms with van der Waals surface area (Å²) in [6.45, 7) is 2.05. The molecule has 0 fully saturated rings. The van der Waals surface area contributed by atoms with Gasteiger partial charge in [0, 0.05) is 11.5 Å². The molecule has 92 valence electrons. The zero-order valence-corrected chi connectivity index (χ0v) is 10.8. The summed E-state index contributed by atoms with van der Waals surface area (Å²) < 4.78 is 5.46. The van der Waals surface area contributed by atoms with Crippen molar-refractivity contribution in [3.8, 4) is 5.75 Å². The Bertz CT molecular complexity index is 514. The van der Waals surface area contributed by atoms with Crippen LogP contribution in [0.15, 0.2) is 66.7 Å². The van der Waals surface area contributed by atoms with Crippen LogP contribution in [0.4, 0.5) is 0 Å². The summed E-state index contributed by atoms with van der Waals surface area (Å²) in [5.74, 6) is 1.18. The van der Waals surface area contributed by atoms with Crippen LogP contribution in [-0.2, 0) is 0 Å². The summed E-state index contributed by atoms with van der Waals surface area (Å²) in [6.07, 6.45) is 4.29. The minimum Gasteiger partial charge on any atom is -0.496 e. The Kier molecular flexibility index (Phi) is 4.19. The molecule has 0 aliphatic heterocycles. The molecular formula is C17H18O. The molecule has 0 aliphatic carbocycles. The molecule has 0 spiro atoms. The van der Waals surface area contributed by atoms with Crippen LogP contribution >= 0.6 is 0 Å². The van der Waals surface area contributed by atoms with Crippen LogP contribution in [-0.4, -0.2) is 7.11 Å². The van der Waals surface area contributed by atoms with E-state index in [4.69, 9.17) is 4.74 Å². The molecule has 1 unspecified atom stereocenters. The molecule has 0 aromatic heterocycles. The first-order chi connectivity index (χ1) is 8.86. The largest absolute Gasteiger partial charge is 0.496 e. The number of hydrogen-bond acceptors (Lipinski definition) is 1. The number of rotatable bonds is 4. The Hall–Kier alpha value is -2.02. The van der Waals surface area contributed by atoms with Gasteiger partial charge in [-0.2, -0.15) is 0 Å². The van der Waals surface area contributed by atoms with Gasteiger partial charge in [-0.3, -0.25) is 0 Å². The molecule has 1 atom stereocenters. The number of allylic oxidation sites excluding steroid dienone is 2. The van der Waals surface area contributed by atoms with Crippen molar-refractivity contribution in [3.05, 3.63) is 77.9 Å². The third kappa shape index (κ3) is 2.62. The number of ether oxygens (including phenoxy) is 1. The van der Waals surface area contributed by atoms with E-state index in [1.54, 1.807) is 7.11 Å². The van der Waals surface area contributed by atoms with Crippen LogP contribution in [0.5, 0.6) is 5.75 Å². The highest BCUT2D eigenvalue weighted by atomic mass is 16.5. The van der Waals surface area contributed by atoms with E-state index in [0.717, 1.165) is 5.75 Å². The molecule has 2 rings (SSSR count). The quantitative estimate of drug-likeness (QED) is 0.717. The van der Waals surface area contributed by atoms with Crippen LogP contribution in [0.2, 0.25) is 0 Å². The summed E-state index contributed by atoms with van der Waals surface area (Å²) in [4.78, 5) is 0. The molecule has 2 aromatic carbocycles. The lowest BCUT2D eigenvalue weighted by Crippen LogP contribution is -2.00. The first kappa shape index (κ1) is 12.4. The second kappa shape index (κ2) is 6.06. The van der Waals surface area contributed by atoms with Gasteiger partial charge in [-0.1, -0.05) is 60.7 Å². The fourth-order valence-corrected chi connectivity index (χ4v) is 2.17. The van der Waals surface area contributed by atoms with Crippen molar-refractivity contribution in [3.63, 3.8) is 0 Å². The highest BCUT2D eigenvalue weighted by molar-refractivity contribution is 5.44. The predicted octanol–water partition coefficient (Wildman–Crippen LogP) is 4.40. The van der Waals surface area contributed by atoms with E-state index in [9.17, 15) is 0 Å². The Morgan fingerprint density at radius 3 is 2.28 bits per heavy atom. The van der Waals surface area contributed by atoms with Crippen molar-refractivity contribution < 1.29 is 4.74 Å². The molecule has 0 bridgehead atoms. The Balaban J connectivity index is 2.48. The number of methoxy groups -OCH3 is 1. The minimum absolute atomic E-state index is 0.243. The van der Waals surface area contributed by atoms with Gasteiger partial charge in [-0.25, -0.2) is 0 Å². The van der Waals surface area contributed by atoms with E-state index in [1.807, 2.05) is 25.1 Å². The normalized spacial score (nSPS) is 12.6. The topological polar surface area (TPSA) is 9.23 Å². The average molecular weight is 238 g/mol. The van der Waals surface area contributed by atoms with Crippen molar-refractivity contribution in [1.82, 2.24) is 0 Å². The lowest BCUT2D eigenvalue weighted by atomic mass is 9.90. The fraction of sp³-hybridized carbons (Fsp3) is 0.176. The van der Waals surface area contributed by atoms with Gasteiger partial charge in [0.2, 0.25) is 0 Å². The standard InChI is InChI=1S/C17H18O/c1-3-9-15(14-10-5-4-6-11-14)16-12-7-8-13-17(16)18-2/h3-13,15H,1-2H3/b9-3+. The molecular weight excluding hydrogens is 220 g/mol. The van der Waals surface area contributed by atoms with E-state index < -0.39 is 0 Å². The zero-order valence-electron chi connectivity index (χ0n) is 10.8. The molecule has 0 radical (unpaired) electrons. The van der Waals surface area contributed by atoms with E-state index >= 15 is 0 Å². The van der Waals surface area contributed by atoms with E-state index in [0.29, 0.717) is 0 Å². The Labute approximate surface area is 109 Å². The van der Waals surface area contributed by atoms with Crippen molar-refractivity contribution >= 4 is 0 Å². The predicted molar refractivity (Wildman–Crippen MR) is 76.1 cm³/mol. The maximum Gasteiger partial charge on any atom is 0.122 e. The molecule has 0 amide bonds. The highest BCUT2D eigenvalue weighted by Gasteiger charge is 2.14. The maximum atomic E-state index is 5.46. The number of para-hydroxylation sites is 1. The van der Waals surface area contributed by atoms with Crippen LogP contribution in [0.25, 0.3) is 0 Å². The molecule has 0 saturated heterocycles. The fourth-order valence-electron chi connectivity index (χ4n) is 2.17. The molecule has 1 nitrogen and oxygen atoms in total. The summed E-state index contributed by atoms with van der Waals surface area (Å²) in [7, 11) is 1.72. The van der Waals surface area contributed by atoms with Gasteiger partial charge < -0.3 is 4.74 Å². The zero-order chi connectivity index (χ0) is 12.8. The van der Waals surface area contributed by atoms with Crippen LogP contribution in [0.1, 0.15) is 24.0 Å². The lowest BCUT2D eigenvalue weighted by Gasteiger charge is -2.17. The first-order valence-electron chi connectivity index (χ1n) is 6.17. The van der Waals surface area contributed by atoms with Gasteiger partial charge in [-0.15, -0.1) is 0 Å². The average Bonchev–Trinajstić information content (AvgIpc) is 2.46. The Morgan fingerprint density at radius 1 is 0.944 bits per heavy atom. The molecule has 1 heteroatoms. The monoisotopic (exact) mass is 238 g/mol. The van der Waals surface area contributed by atoms with Gasteiger partial charge in [0.1, 0.15) is 5.75 Å². The number of benzene rings is 2. The molecule has 0 aliphatic rings. The minimum atomic E-state index is 0.243. The van der Waals surface area contributed by atoms with Gasteiger partial charge in [0.15, 0.2) is 0 Å². The van der Waals surface area contributed by atoms with E-state index in [1.165, 1.54) is 11.1 Å².